The number of nitrogens with one attached hydrogen (secondary N) is 2. The molecule has 0 aromatic carbocycles. The van der Waals surface area contributed by atoms with Gasteiger partial charge in [0, 0.05) is 25.2 Å². The second-order valence-corrected chi connectivity index (χ2v) is 6.02. The Kier molecular flexibility index (Phi) is 6.26. The van der Waals surface area contributed by atoms with E-state index in [0.717, 1.165) is 25.9 Å². The molecule has 1 amide bonds. The lowest BCUT2D eigenvalue weighted by atomic mass is 10.00. The van der Waals surface area contributed by atoms with Gasteiger partial charge in [0.1, 0.15) is 0 Å². The van der Waals surface area contributed by atoms with Gasteiger partial charge in [-0.1, -0.05) is 13.3 Å². The van der Waals surface area contributed by atoms with Crippen LogP contribution in [-0.4, -0.2) is 62.8 Å². The molecule has 2 rings (SSSR count). The number of amides is 1. The number of piperidine rings is 1. The Morgan fingerprint density at radius 3 is 2.70 bits per heavy atom. The van der Waals surface area contributed by atoms with Crippen LogP contribution in [0.4, 0.5) is 0 Å². The van der Waals surface area contributed by atoms with E-state index in [-0.39, 0.29) is 17.9 Å². The molecule has 2 heterocycles. The molecule has 0 bridgehead atoms. The maximum atomic E-state index is 12.3. The van der Waals surface area contributed by atoms with Crippen molar-refractivity contribution in [1.82, 2.24) is 15.5 Å². The molecule has 0 aromatic heterocycles. The van der Waals surface area contributed by atoms with Gasteiger partial charge in [0.05, 0.1) is 19.1 Å². The van der Waals surface area contributed by atoms with Crippen LogP contribution in [0.25, 0.3) is 0 Å². The Bertz CT molecular complexity index is 303. The average molecular weight is 283 g/mol. The Labute approximate surface area is 122 Å². The summed E-state index contributed by atoms with van der Waals surface area (Å²) in [5, 5.41) is 6.38. The van der Waals surface area contributed by atoms with Gasteiger partial charge in [-0.15, -0.1) is 0 Å². The standard InChI is InChI=1S/C15H29N3O2/c1-3-4-7-18-8-5-12(6-9-18)17-15(19)13-10-20-11-14(13)16-2/h12-14,16H,3-11H2,1-2H3,(H,17,19). The van der Waals surface area contributed by atoms with Crippen molar-refractivity contribution >= 4 is 5.91 Å². The lowest BCUT2D eigenvalue weighted by molar-refractivity contribution is -0.126. The average Bonchev–Trinajstić information content (AvgIpc) is 2.95. The summed E-state index contributed by atoms with van der Waals surface area (Å²) in [6, 6.07) is 0.512. The zero-order valence-electron chi connectivity index (χ0n) is 12.9. The summed E-state index contributed by atoms with van der Waals surface area (Å²) in [5.41, 5.74) is 0. The first-order chi connectivity index (χ1) is 9.74. The third-order valence-corrected chi connectivity index (χ3v) is 4.55. The van der Waals surface area contributed by atoms with Crippen molar-refractivity contribution in [3.8, 4) is 0 Å². The molecule has 2 aliphatic rings. The molecule has 2 saturated heterocycles. The van der Waals surface area contributed by atoms with Gasteiger partial charge in [-0.05, 0) is 32.9 Å². The maximum Gasteiger partial charge on any atom is 0.227 e. The summed E-state index contributed by atoms with van der Waals surface area (Å²) >= 11 is 0. The molecule has 0 spiro atoms. The molecule has 0 aromatic rings. The minimum atomic E-state index is -0.0295. The van der Waals surface area contributed by atoms with Crippen LogP contribution >= 0.6 is 0 Å². The molecule has 0 aliphatic carbocycles. The van der Waals surface area contributed by atoms with Crippen molar-refractivity contribution in [3.63, 3.8) is 0 Å². The first-order valence-corrected chi connectivity index (χ1v) is 8.02. The monoisotopic (exact) mass is 283 g/mol. The number of likely N-dealkylation sites (tertiary alicyclic amines) is 1. The van der Waals surface area contributed by atoms with E-state index in [0.29, 0.717) is 19.3 Å². The smallest absolute Gasteiger partial charge is 0.227 e. The number of hydrogen-bond acceptors (Lipinski definition) is 4. The van der Waals surface area contributed by atoms with E-state index >= 15 is 0 Å². The minimum Gasteiger partial charge on any atom is -0.379 e. The van der Waals surface area contributed by atoms with Crippen molar-refractivity contribution in [3.05, 3.63) is 0 Å². The molecule has 0 saturated carbocycles. The SMILES string of the molecule is CCCCN1CCC(NC(=O)C2COCC2NC)CC1. The molecule has 20 heavy (non-hydrogen) atoms. The van der Waals surface area contributed by atoms with Gasteiger partial charge in [0.15, 0.2) is 0 Å². The van der Waals surface area contributed by atoms with E-state index in [4.69, 9.17) is 4.74 Å². The van der Waals surface area contributed by atoms with Crippen LogP contribution in [0.15, 0.2) is 0 Å². The van der Waals surface area contributed by atoms with Gasteiger partial charge >= 0.3 is 0 Å². The van der Waals surface area contributed by atoms with E-state index in [2.05, 4.69) is 22.5 Å². The van der Waals surface area contributed by atoms with Crippen LogP contribution < -0.4 is 10.6 Å². The number of ether oxygens (including phenoxy) is 1. The largest absolute Gasteiger partial charge is 0.379 e. The van der Waals surface area contributed by atoms with Crippen molar-refractivity contribution in [2.24, 2.45) is 5.92 Å². The molecule has 0 radical (unpaired) electrons. The maximum absolute atomic E-state index is 12.3. The summed E-state index contributed by atoms with van der Waals surface area (Å²) in [7, 11) is 1.89. The number of nitrogens with zero attached hydrogens (tertiary/aromatic N) is 1. The van der Waals surface area contributed by atoms with Crippen LogP contribution in [0.2, 0.25) is 0 Å². The third kappa shape index (κ3) is 4.17. The minimum absolute atomic E-state index is 0.0295. The highest BCUT2D eigenvalue weighted by Gasteiger charge is 2.34. The predicted molar refractivity (Wildman–Crippen MR) is 79.7 cm³/mol. The molecule has 2 fully saturated rings. The van der Waals surface area contributed by atoms with Gasteiger partial charge in [-0.2, -0.15) is 0 Å². The summed E-state index contributed by atoms with van der Waals surface area (Å²) in [6.45, 7) is 6.85. The van der Waals surface area contributed by atoms with Crippen LogP contribution in [0, 0.1) is 5.92 Å². The van der Waals surface area contributed by atoms with E-state index in [9.17, 15) is 4.79 Å². The van der Waals surface area contributed by atoms with Gasteiger partial charge in [-0.25, -0.2) is 0 Å². The molecule has 116 valence electrons. The molecular formula is C15H29N3O2. The highest BCUT2D eigenvalue weighted by Crippen LogP contribution is 2.16. The molecule has 5 nitrogen and oxygen atoms in total. The van der Waals surface area contributed by atoms with Gasteiger partial charge in [0.25, 0.3) is 0 Å². The van der Waals surface area contributed by atoms with E-state index in [1.165, 1.54) is 19.4 Å². The van der Waals surface area contributed by atoms with E-state index in [1.807, 2.05) is 7.05 Å². The Hall–Kier alpha value is -0.650. The summed E-state index contributed by atoms with van der Waals surface area (Å²) in [5.74, 6) is 0.131. The lowest BCUT2D eigenvalue weighted by Gasteiger charge is -2.33. The summed E-state index contributed by atoms with van der Waals surface area (Å²) in [6.07, 6.45) is 4.69. The lowest BCUT2D eigenvalue weighted by Crippen LogP contribution is -2.49. The number of carbonyl (C=O) groups is 1. The Morgan fingerprint density at radius 2 is 2.05 bits per heavy atom. The second-order valence-electron chi connectivity index (χ2n) is 6.02. The predicted octanol–water partition coefficient (Wildman–Crippen LogP) is 0.602. The Balaban J connectivity index is 1.71. The zero-order valence-corrected chi connectivity index (χ0v) is 12.9. The summed E-state index contributed by atoms with van der Waals surface area (Å²) < 4.78 is 5.40. The van der Waals surface area contributed by atoms with Crippen molar-refractivity contribution in [2.75, 3.05) is 39.9 Å². The third-order valence-electron chi connectivity index (χ3n) is 4.55. The highest BCUT2D eigenvalue weighted by molar-refractivity contribution is 5.80. The van der Waals surface area contributed by atoms with E-state index < -0.39 is 0 Å². The fraction of sp³-hybridized carbons (Fsp3) is 0.933. The highest BCUT2D eigenvalue weighted by atomic mass is 16.5. The first-order valence-electron chi connectivity index (χ1n) is 8.02. The van der Waals surface area contributed by atoms with Crippen LogP contribution in [-0.2, 0) is 9.53 Å². The normalized spacial score (nSPS) is 28.7. The molecular weight excluding hydrogens is 254 g/mol. The van der Waals surface area contributed by atoms with Gasteiger partial charge in [0.2, 0.25) is 5.91 Å². The Morgan fingerprint density at radius 1 is 1.30 bits per heavy atom. The van der Waals surface area contributed by atoms with Crippen molar-refractivity contribution in [2.45, 2.75) is 44.7 Å². The molecule has 2 aliphatic heterocycles. The number of hydrogen-bond donors (Lipinski definition) is 2. The van der Waals surface area contributed by atoms with Crippen LogP contribution in [0.3, 0.4) is 0 Å². The number of carbonyl (C=O) groups excluding carboxylic acids is 1. The first kappa shape index (κ1) is 15.7. The van der Waals surface area contributed by atoms with Crippen LogP contribution in [0.5, 0.6) is 0 Å². The molecule has 2 unspecified atom stereocenters. The number of likely N-dealkylation sites (N-methyl/N-ethyl adjacent to an activating group) is 1. The quantitative estimate of drug-likeness (QED) is 0.749. The number of rotatable bonds is 6. The zero-order chi connectivity index (χ0) is 14.4. The van der Waals surface area contributed by atoms with Crippen molar-refractivity contribution in [1.29, 1.82) is 0 Å². The van der Waals surface area contributed by atoms with Gasteiger partial charge in [-0.3, -0.25) is 4.79 Å². The topological polar surface area (TPSA) is 53.6 Å². The summed E-state index contributed by atoms with van der Waals surface area (Å²) in [4.78, 5) is 14.8. The van der Waals surface area contributed by atoms with E-state index in [1.54, 1.807) is 0 Å². The van der Waals surface area contributed by atoms with Crippen LogP contribution in [0.1, 0.15) is 32.6 Å². The second kappa shape index (κ2) is 7.96. The number of unbranched alkanes of at least 4 members (excludes halogenated alkanes) is 1. The molecule has 2 N–H and O–H groups in total. The fourth-order valence-corrected chi connectivity index (χ4v) is 3.09. The van der Waals surface area contributed by atoms with Gasteiger partial charge < -0.3 is 20.3 Å². The molecule has 2 atom stereocenters. The van der Waals surface area contributed by atoms with Crippen molar-refractivity contribution < 1.29 is 9.53 Å². The molecule has 5 heteroatoms. The fourth-order valence-electron chi connectivity index (χ4n) is 3.09.